The zero-order valence-corrected chi connectivity index (χ0v) is 15.9. The van der Waals surface area contributed by atoms with Crippen LogP contribution < -0.4 is 4.72 Å². The highest BCUT2D eigenvalue weighted by atomic mass is 32.2. The van der Waals surface area contributed by atoms with Crippen molar-refractivity contribution in [2.75, 3.05) is 24.1 Å². The molecule has 0 aliphatic carbocycles. The molecule has 1 fully saturated rings. The number of nitrogens with one attached hydrogen (secondary N) is 1. The fourth-order valence-corrected chi connectivity index (χ4v) is 4.03. The lowest BCUT2D eigenvalue weighted by atomic mass is 9.68. The summed E-state index contributed by atoms with van der Waals surface area (Å²) in [4.78, 5) is 2.27. The number of benzene rings is 1. The Bertz CT molecular complexity index is 748. The van der Waals surface area contributed by atoms with Crippen molar-refractivity contribution in [2.24, 2.45) is 11.3 Å². The van der Waals surface area contributed by atoms with Crippen LogP contribution in [0.4, 0.5) is 10.1 Å². The third-order valence-electron chi connectivity index (χ3n) is 5.24. The smallest absolute Gasteiger partial charge is 0.229 e. The summed E-state index contributed by atoms with van der Waals surface area (Å²) in [6.45, 7) is 6.75. The van der Waals surface area contributed by atoms with Gasteiger partial charge in [-0.05, 0) is 55.0 Å². The van der Waals surface area contributed by atoms with E-state index in [1.807, 2.05) is 0 Å². The van der Waals surface area contributed by atoms with Crippen molar-refractivity contribution in [1.29, 1.82) is 5.26 Å². The van der Waals surface area contributed by atoms with Gasteiger partial charge in [-0.3, -0.25) is 9.62 Å². The lowest BCUT2D eigenvalue weighted by molar-refractivity contribution is 0.0617. The molecular weight excluding hydrogens is 341 g/mol. The number of sulfonamides is 1. The molecule has 1 aromatic carbocycles. The normalized spacial score (nSPS) is 18.1. The van der Waals surface area contributed by atoms with Crippen LogP contribution in [0.2, 0.25) is 0 Å². The molecule has 25 heavy (non-hydrogen) atoms. The van der Waals surface area contributed by atoms with Gasteiger partial charge in [-0.1, -0.05) is 19.9 Å². The predicted molar refractivity (Wildman–Crippen MR) is 96.9 cm³/mol. The maximum absolute atomic E-state index is 13.8. The molecule has 1 saturated heterocycles. The summed E-state index contributed by atoms with van der Waals surface area (Å²) in [5, 5.41) is 9.13. The second kappa shape index (κ2) is 7.71. The maximum atomic E-state index is 13.8. The van der Waals surface area contributed by atoms with E-state index >= 15 is 0 Å². The highest BCUT2D eigenvalue weighted by Gasteiger charge is 2.37. The quantitative estimate of drug-likeness (QED) is 0.837. The first-order valence-electron chi connectivity index (χ1n) is 8.51. The summed E-state index contributed by atoms with van der Waals surface area (Å²) < 4.78 is 38.7. The molecule has 0 bridgehead atoms. The number of halogens is 1. The van der Waals surface area contributed by atoms with E-state index in [1.54, 1.807) is 12.1 Å². The summed E-state index contributed by atoms with van der Waals surface area (Å²) in [7, 11) is -3.52. The second-order valence-electron chi connectivity index (χ2n) is 7.32. The van der Waals surface area contributed by atoms with E-state index in [0.717, 1.165) is 37.8 Å². The van der Waals surface area contributed by atoms with Crippen LogP contribution >= 0.6 is 0 Å². The van der Waals surface area contributed by atoms with Crippen molar-refractivity contribution in [2.45, 2.75) is 39.7 Å². The lowest BCUT2D eigenvalue weighted by Gasteiger charge is -2.43. The number of hydrogen-bond donors (Lipinski definition) is 1. The van der Waals surface area contributed by atoms with Crippen LogP contribution in [0.3, 0.4) is 0 Å². The third-order valence-corrected chi connectivity index (χ3v) is 5.83. The van der Waals surface area contributed by atoms with E-state index in [0.29, 0.717) is 18.9 Å². The standard InChI is InChI=1S/C18H26FN3O2S/c1-14(2)18(6-9-20)7-10-22(11-8-18)13-15-4-5-16(19)17(12-15)21-25(3,23)24/h4-5,12,14,21H,6-8,10-11,13H2,1-3H3. The Kier molecular flexibility index (Phi) is 6.07. The molecule has 0 saturated carbocycles. The molecule has 1 N–H and O–H groups in total. The number of piperidine rings is 1. The molecule has 0 atom stereocenters. The van der Waals surface area contributed by atoms with Crippen LogP contribution in [-0.4, -0.2) is 32.7 Å². The van der Waals surface area contributed by atoms with Gasteiger partial charge in [0.05, 0.1) is 18.0 Å². The van der Waals surface area contributed by atoms with E-state index in [-0.39, 0.29) is 11.1 Å². The van der Waals surface area contributed by atoms with Gasteiger partial charge in [0.1, 0.15) is 5.82 Å². The van der Waals surface area contributed by atoms with E-state index < -0.39 is 15.8 Å². The van der Waals surface area contributed by atoms with E-state index in [2.05, 4.69) is 29.5 Å². The monoisotopic (exact) mass is 367 g/mol. The average molecular weight is 367 g/mol. The Balaban J connectivity index is 2.05. The van der Waals surface area contributed by atoms with Gasteiger partial charge in [-0.2, -0.15) is 5.26 Å². The minimum absolute atomic E-state index is 0.0157. The molecule has 0 radical (unpaired) electrons. The largest absolute Gasteiger partial charge is 0.299 e. The summed E-state index contributed by atoms with van der Waals surface area (Å²) in [6.07, 6.45) is 3.52. The molecular formula is C18H26FN3O2S. The highest BCUT2D eigenvalue weighted by molar-refractivity contribution is 7.92. The van der Waals surface area contributed by atoms with Gasteiger partial charge in [-0.15, -0.1) is 0 Å². The fraction of sp³-hybridized carbons (Fsp3) is 0.611. The van der Waals surface area contributed by atoms with Crippen LogP contribution in [0.25, 0.3) is 0 Å². The minimum atomic E-state index is -3.52. The van der Waals surface area contributed by atoms with E-state index in [1.165, 1.54) is 6.07 Å². The van der Waals surface area contributed by atoms with Crippen molar-refractivity contribution in [3.63, 3.8) is 0 Å². The Morgan fingerprint density at radius 3 is 2.52 bits per heavy atom. The number of anilines is 1. The third kappa shape index (κ3) is 5.16. The van der Waals surface area contributed by atoms with Gasteiger partial charge in [0.15, 0.2) is 0 Å². The van der Waals surface area contributed by atoms with Gasteiger partial charge < -0.3 is 0 Å². The molecule has 138 valence electrons. The summed E-state index contributed by atoms with van der Waals surface area (Å²) in [6, 6.07) is 6.86. The van der Waals surface area contributed by atoms with Gasteiger partial charge in [0.2, 0.25) is 10.0 Å². The summed E-state index contributed by atoms with van der Waals surface area (Å²) in [5.74, 6) is -0.119. The molecule has 5 nitrogen and oxygen atoms in total. The zero-order chi connectivity index (χ0) is 18.7. The van der Waals surface area contributed by atoms with Crippen LogP contribution in [0.15, 0.2) is 18.2 Å². The molecule has 0 unspecified atom stereocenters. The molecule has 1 aromatic rings. The Labute approximate surface area is 149 Å². The van der Waals surface area contributed by atoms with Crippen molar-refractivity contribution in [1.82, 2.24) is 4.90 Å². The number of likely N-dealkylation sites (tertiary alicyclic amines) is 1. The summed E-state index contributed by atoms with van der Waals surface area (Å²) >= 11 is 0. The minimum Gasteiger partial charge on any atom is -0.299 e. The Morgan fingerprint density at radius 2 is 2.00 bits per heavy atom. The molecule has 1 aliphatic rings. The SMILES string of the molecule is CC(C)C1(CC#N)CCN(Cc2ccc(F)c(NS(C)(=O)=O)c2)CC1. The molecule has 0 amide bonds. The first kappa shape index (κ1) is 19.7. The number of hydrogen-bond acceptors (Lipinski definition) is 4. The number of nitriles is 1. The molecule has 0 aromatic heterocycles. The molecule has 2 rings (SSSR count). The zero-order valence-electron chi connectivity index (χ0n) is 15.0. The van der Waals surface area contributed by atoms with Crippen molar-refractivity contribution >= 4 is 15.7 Å². The first-order valence-corrected chi connectivity index (χ1v) is 10.4. The average Bonchev–Trinajstić information content (AvgIpc) is 2.51. The maximum Gasteiger partial charge on any atom is 0.229 e. The van der Waals surface area contributed by atoms with Gasteiger partial charge in [0.25, 0.3) is 0 Å². The van der Waals surface area contributed by atoms with Crippen LogP contribution in [0.5, 0.6) is 0 Å². The first-order chi connectivity index (χ1) is 11.6. The molecule has 1 aliphatic heterocycles. The van der Waals surface area contributed by atoms with Crippen molar-refractivity contribution in [3.8, 4) is 6.07 Å². The van der Waals surface area contributed by atoms with Crippen molar-refractivity contribution in [3.05, 3.63) is 29.6 Å². The van der Waals surface area contributed by atoms with Crippen LogP contribution in [-0.2, 0) is 16.6 Å². The van der Waals surface area contributed by atoms with Gasteiger partial charge in [-0.25, -0.2) is 12.8 Å². The Hall–Kier alpha value is -1.65. The van der Waals surface area contributed by atoms with Gasteiger partial charge in [0, 0.05) is 13.0 Å². The number of rotatable bonds is 6. The van der Waals surface area contributed by atoms with Crippen molar-refractivity contribution < 1.29 is 12.8 Å². The predicted octanol–water partition coefficient (Wildman–Crippen LogP) is 3.35. The van der Waals surface area contributed by atoms with Crippen LogP contribution in [0, 0.1) is 28.5 Å². The highest BCUT2D eigenvalue weighted by Crippen LogP contribution is 2.41. The van der Waals surface area contributed by atoms with E-state index in [9.17, 15) is 12.8 Å². The van der Waals surface area contributed by atoms with E-state index in [4.69, 9.17) is 5.26 Å². The second-order valence-corrected chi connectivity index (χ2v) is 9.06. The number of nitrogens with zero attached hydrogens (tertiary/aromatic N) is 2. The fourth-order valence-electron chi connectivity index (χ4n) is 3.48. The molecule has 1 heterocycles. The summed E-state index contributed by atoms with van der Waals surface area (Å²) in [5.41, 5.74) is 0.930. The van der Waals surface area contributed by atoms with Gasteiger partial charge >= 0.3 is 0 Å². The lowest BCUT2D eigenvalue weighted by Crippen LogP contribution is -2.42. The Morgan fingerprint density at radius 1 is 1.36 bits per heavy atom. The molecule has 0 spiro atoms. The van der Waals surface area contributed by atoms with Crippen LogP contribution in [0.1, 0.15) is 38.7 Å². The molecule has 7 heteroatoms. The topological polar surface area (TPSA) is 73.2 Å².